The summed E-state index contributed by atoms with van der Waals surface area (Å²) >= 11 is 22.7. The van der Waals surface area contributed by atoms with Crippen LogP contribution in [0.4, 0.5) is 11.4 Å². The van der Waals surface area contributed by atoms with Gasteiger partial charge in [0, 0.05) is 17.2 Å². The van der Waals surface area contributed by atoms with E-state index >= 15 is 0 Å². The minimum Gasteiger partial charge on any atom is -0.398 e. The van der Waals surface area contributed by atoms with Gasteiger partial charge in [-0.2, -0.15) is 0 Å². The second-order valence-electron chi connectivity index (χ2n) is 4.19. The molecule has 0 aromatic heterocycles. The van der Waals surface area contributed by atoms with Crippen LogP contribution in [-0.2, 0) is 0 Å². The van der Waals surface area contributed by atoms with Crippen LogP contribution in [0, 0.1) is 0 Å². The SMILES string of the molecule is NC1=C(Cl)CC(N)(Cl)C=C1.Nc1cc(Cl)c(N)cc1Cl. The van der Waals surface area contributed by atoms with Crippen LogP contribution < -0.4 is 22.9 Å². The highest BCUT2D eigenvalue weighted by atomic mass is 35.5. The van der Waals surface area contributed by atoms with Gasteiger partial charge in [0.1, 0.15) is 5.00 Å². The first kappa shape index (κ1) is 17.3. The number of hydrogen-bond acceptors (Lipinski definition) is 4. The summed E-state index contributed by atoms with van der Waals surface area (Å²) in [7, 11) is 0. The standard InChI is InChI=1S/C6H6Cl2N2.C6H8Cl2N2/c7-3-1-5(9)4(8)2-6(3)10;7-4-3-6(8,10)2-1-5(4)9/h1-2H,9-10H2;1-2H,3,9-10H2. The molecule has 0 saturated carbocycles. The molecule has 0 saturated heterocycles. The van der Waals surface area contributed by atoms with Gasteiger partial charge in [0.2, 0.25) is 0 Å². The Bertz CT molecular complexity index is 517. The van der Waals surface area contributed by atoms with Crippen molar-refractivity contribution in [2.75, 3.05) is 11.5 Å². The highest BCUT2D eigenvalue weighted by Gasteiger charge is 2.23. The van der Waals surface area contributed by atoms with Gasteiger partial charge in [0.05, 0.1) is 21.4 Å². The number of alkyl halides is 1. The summed E-state index contributed by atoms with van der Waals surface area (Å²) < 4.78 is 0. The first-order valence-electron chi connectivity index (χ1n) is 5.43. The van der Waals surface area contributed by atoms with Gasteiger partial charge >= 0.3 is 0 Å². The highest BCUT2D eigenvalue weighted by molar-refractivity contribution is 6.36. The Morgan fingerprint density at radius 1 is 0.950 bits per heavy atom. The minimum absolute atomic E-state index is 0.401. The van der Waals surface area contributed by atoms with Gasteiger partial charge in [0.15, 0.2) is 0 Å². The highest BCUT2D eigenvalue weighted by Crippen LogP contribution is 2.29. The monoisotopic (exact) mass is 354 g/mol. The molecule has 8 heteroatoms. The average molecular weight is 356 g/mol. The van der Waals surface area contributed by atoms with Gasteiger partial charge in [-0.05, 0) is 24.3 Å². The Labute approximate surface area is 137 Å². The van der Waals surface area contributed by atoms with Crippen LogP contribution >= 0.6 is 46.4 Å². The van der Waals surface area contributed by atoms with E-state index in [9.17, 15) is 0 Å². The van der Waals surface area contributed by atoms with Crippen LogP contribution in [0.1, 0.15) is 6.42 Å². The summed E-state index contributed by atoms with van der Waals surface area (Å²) in [6.45, 7) is 0. The van der Waals surface area contributed by atoms with Crippen molar-refractivity contribution in [2.45, 2.75) is 11.4 Å². The van der Waals surface area contributed by atoms with Crippen molar-refractivity contribution < 1.29 is 0 Å². The molecule has 0 amide bonds. The molecule has 2 rings (SSSR count). The van der Waals surface area contributed by atoms with Gasteiger partial charge in [-0.25, -0.2) is 0 Å². The zero-order valence-electron chi connectivity index (χ0n) is 10.3. The van der Waals surface area contributed by atoms with E-state index in [0.29, 0.717) is 38.6 Å². The third-order valence-electron chi connectivity index (χ3n) is 2.40. The lowest BCUT2D eigenvalue weighted by Crippen LogP contribution is -2.32. The molecular weight excluding hydrogens is 342 g/mol. The number of anilines is 2. The lowest BCUT2D eigenvalue weighted by Gasteiger charge is -2.21. The second-order valence-corrected chi connectivity index (χ2v) is 6.17. The molecule has 4 nitrogen and oxygen atoms in total. The fraction of sp³-hybridized carbons (Fsp3) is 0.167. The molecule has 1 unspecified atom stereocenters. The van der Waals surface area contributed by atoms with Crippen molar-refractivity contribution in [3.8, 4) is 0 Å². The second kappa shape index (κ2) is 6.78. The van der Waals surface area contributed by atoms with Crippen LogP contribution in [0.25, 0.3) is 0 Å². The van der Waals surface area contributed by atoms with Gasteiger partial charge in [0.25, 0.3) is 0 Å². The molecule has 1 atom stereocenters. The first-order chi connectivity index (χ1) is 9.12. The molecule has 0 radical (unpaired) electrons. The Morgan fingerprint density at radius 3 is 1.75 bits per heavy atom. The number of nitrogen functional groups attached to an aromatic ring is 2. The van der Waals surface area contributed by atoms with Crippen LogP contribution in [-0.4, -0.2) is 5.00 Å². The Morgan fingerprint density at radius 2 is 1.40 bits per heavy atom. The molecule has 1 aliphatic rings. The van der Waals surface area contributed by atoms with E-state index in [1.807, 2.05) is 0 Å². The van der Waals surface area contributed by atoms with Crippen molar-refractivity contribution in [2.24, 2.45) is 11.5 Å². The number of rotatable bonds is 0. The molecule has 110 valence electrons. The van der Waals surface area contributed by atoms with Crippen molar-refractivity contribution in [3.05, 3.63) is 45.1 Å². The Kier molecular flexibility index (Phi) is 5.86. The quantitative estimate of drug-likeness (QED) is 0.325. The fourth-order valence-electron chi connectivity index (χ4n) is 1.30. The van der Waals surface area contributed by atoms with Gasteiger partial charge in [-0.3, -0.25) is 0 Å². The van der Waals surface area contributed by atoms with Crippen molar-refractivity contribution in [1.29, 1.82) is 0 Å². The number of halogens is 4. The smallest absolute Gasteiger partial charge is 0.115 e. The van der Waals surface area contributed by atoms with Gasteiger partial charge < -0.3 is 22.9 Å². The number of hydrogen-bond donors (Lipinski definition) is 4. The number of allylic oxidation sites excluding steroid dienone is 1. The average Bonchev–Trinajstić information content (AvgIpc) is 2.32. The van der Waals surface area contributed by atoms with E-state index < -0.39 is 5.00 Å². The summed E-state index contributed by atoms with van der Waals surface area (Å²) in [6, 6.07) is 3.05. The normalized spacial score (nSPS) is 21.4. The van der Waals surface area contributed by atoms with Crippen LogP contribution in [0.2, 0.25) is 10.0 Å². The molecule has 0 bridgehead atoms. The van der Waals surface area contributed by atoms with Crippen molar-refractivity contribution in [3.63, 3.8) is 0 Å². The molecule has 0 heterocycles. The van der Waals surface area contributed by atoms with Crippen LogP contribution in [0.15, 0.2) is 35.0 Å². The third-order valence-corrected chi connectivity index (χ3v) is 3.66. The molecule has 0 fully saturated rings. The van der Waals surface area contributed by atoms with Crippen molar-refractivity contribution >= 4 is 57.8 Å². The summed E-state index contributed by atoms with van der Waals surface area (Å²) in [4.78, 5) is -0.847. The minimum atomic E-state index is -0.847. The lowest BCUT2D eigenvalue weighted by molar-refractivity contribution is 0.727. The summed E-state index contributed by atoms with van der Waals surface area (Å²) in [5.74, 6) is 0. The maximum atomic E-state index is 5.75. The van der Waals surface area contributed by atoms with E-state index in [-0.39, 0.29) is 0 Å². The Hall–Kier alpha value is -0.780. The molecule has 1 aliphatic carbocycles. The van der Waals surface area contributed by atoms with E-state index in [1.54, 1.807) is 12.2 Å². The Balaban J connectivity index is 0.000000200. The maximum Gasteiger partial charge on any atom is 0.115 e. The van der Waals surface area contributed by atoms with Crippen LogP contribution in [0.5, 0.6) is 0 Å². The number of benzene rings is 1. The van der Waals surface area contributed by atoms with E-state index in [1.165, 1.54) is 12.1 Å². The largest absolute Gasteiger partial charge is 0.398 e. The van der Waals surface area contributed by atoms with E-state index in [0.717, 1.165) is 0 Å². The first-order valence-corrected chi connectivity index (χ1v) is 6.94. The van der Waals surface area contributed by atoms with Crippen LogP contribution in [0.3, 0.4) is 0 Å². The molecule has 20 heavy (non-hydrogen) atoms. The molecule has 8 N–H and O–H groups in total. The molecule has 0 spiro atoms. The maximum absolute atomic E-state index is 5.75. The predicted molar refractivity (Wildman–Crippen MR) is 88.9 cm³/mol. The van der Waals surface area contributed by atoms with Gasteiger partial charge in [-0.1, -0.05) is 46.4 Å². The van der Waals surface area contributed by atoms with E-state index in [4.69, 9.17) is 69.3 Å². The summed E-state index contributed by atoms with van der Waals surface area (Å²) in [6.07, 6.45) is 3.66. The zero-order valence-corrected chi connectivity index (χ0v) is 13.4. The molecular formula is C12H14Cl4N4. The summed E-state index contributed by atoms with van der Waals surface area (Å²) in [5, 5.41) is 1.39. The van der Waals surface area contributed by atoms with E-state index in [2.05, 4.69) is 0 Å². The van der Waals surface area contributed by atoms with Gasteiger partial charge in [-0.15, -0.1) is 0 Å². The van der Waals surface area contributed by atoms with Crippen molar-refractivity contribution in [1.82, 2.24) is 0 Å². The lowest BCUT2D eigenvalue weighted by atomic mass is 10.1. The fourth-order valence-corrected chi connectivity index (χ4v) is 2.19. The molecule has 1 aromatic rings. The zero-order chi connectivity index (χ0) is 15.5. The predicted octanol–water partition coefficient (Wildman–Crippen LogP) is 3.41. The number of nitrogens with two attached hydrogens (primary N) is 4. The summed E-state index contributed by atoms with van der Waals surface area (Å²) in [5.41, 5.74) is 23.3. The topological polar surface area (TPSA) is 104 Å². The third kappa shape index (κ3) is 4.96. The molecule has 0 aliphatic heterocycles. The molecule has 1 aromatic carbocycles.